The van der Waals surface area contributed by atoms with E-state index in [0.717, 1.165) is 12.8 Å². The minimum Gasteiger partial charge on any atom is -0.430 e. The SMILES string of the molecule is CCCCOC(O)=[NH+]CN. The van der Waals surface area contributed by atoms with E-state index < -0.39 is 0 Å². The van der Waals surface area contributed by atoms with Crippen LogP contribution in [0, 0.1) is 0 Å². The van der Waals surface area contributed by atoms with Crippen molar-refractivity contribution in [1.82, 2.24) is 0 Å². The lowest BCUT2D eigenvalue weighted by Crippen LogP contribution is -2.76. The van der Waals surface area contributed by atoms with Gasteiger partial charge in [-0.05, 0) is 6.42 Å². The molecule has 0 bridgehead atoms. The van der Waals surface area contributed by atoms with Gasteiger partial charge in [0.25, 0.3) is 0 Å². The number of rotatable bonds is 4. The summed E-state index contributed by atoms with van der Waals surface area (Å²) in [5, 5.41) is 8.78. The zero-order valence-corrected chi connectivity index (χ0v) is 6.26. The normalized spacial score (nSPS) is 11.6. The van der Waals surface area contributed by atoms with E-state index >= 15 is 0 Å². The van der Waals surface area contributed by atoms with Crippen LogP contribution in [0.2, 0.25) is 0 Å². The zero-order valence-electron chi connectivity index (χ0n) is 6.26. The minimum absolute atomic E-state index is 0.184. The fourth-order valence-corrected chi connectivity index (χ4v) is 0.452. The van der Waals surface area contributed by atoms with E-state index in [2.05, 4.69) is 11.9 Å². The van der Waals surface area contributed by atoms with Gasteiger partial charge in [-0.1, -0.05) is 13.3 Å². The molecule has 4 heteroatoms. The summed E-state index contributed by atoms with van der Waals surface area (Å²) in [6.07, 6.45) is 1.81. The third kappa shape index (κ3) is 5.37. The maximum absolute atomic E-state index is 8.78. The van der Waals surface area contributed by atoms with E-state index in [1.54, 1.807) is 0 Å². The Kier molecular flexibility index (Phi) is 5.86. The average Bonchev–Trinajstić information content (AvgIpc) is 1.89. The first-order chi connectivity index (χ1) is 4.81. The third-order valence-corrected chi connectivity index (χ3v) is 0.990. The molecule has 0 saturated carbocycles. The van der Waals surface area contributed by atoms with Crippen molar-refractivity contribution in [3.8, 4) is 0 Å². The number of hydrogen-bond acceptors (Lipinski definition) is 2. The Hall–Kier alpha value is -0.770. The molecule has 0 aromatic rings. The maximum atomic E-state index is 8.78. The van der Waals surface area contributed by atoms with Gasteiger partial charge in [0.05, 0.1) is 6.61 Å². The van der Waals surface area contributed by atoms with Gasteiger partial charge in [0.1, 0.15) is 0 Å². The van der Waals surface area contributed by atoms with E-state index in [1.807, 2.05) is 0 Å². The van der Waals surface area contributed by atoms with Crippen LogP contribution in [0.1, 0.15) is 19.8 Å². The molecule has 60 valence electrons. The Morgan fingerprint density at radius 3 is 2.90 bits per heavy atom. The van der Waals surface area contributed by atoms with Gasteiger partial charge in [-0.25, -0.2) is 0 Å². The molecule has 0 amide bonds. The summed E-state index contributed by atoms with van der Waals surface area (Å²) in [5.74, 6) is 0. The summed E-state index contributed by atoms with van der Waals surface area (Å²) in [6.45, 7) is 2.78. The van der Waals surface area contributed by atoms with Crippen LogP contribution in [0.25, 0.3) is 0 Å². The third-order valence-electron chi connectivity index (χ3n) is 0.990. The second-order valence-electron chi connectivity index (χ2n) is 1.89. The summed E-state index contributed by atoms with van der Waals surface area (Å²) < 4.78 is 4.80. The van der Waals surface area contributed by atoms with Crippen molar-refractivity contribution >= 4 is 6.08 Å². The molecule has 0 rings (SSSR count). The topological polar surface area (TPSA) is 69.5 Å². The van der Waals surface area contributed by atoms with Crippen molar-refractivity contribution in [1.29, 1.82) is 0 Å². The smallest absolute Gasteiger partial charge is 0.430 e. The highest BCUT2D eigenvalue weighted by molar-refractivity contribution is 5.56. The number of nitrogens with two attached hydrogens (primary N) is 1. The van der Waals surface area contributed by atoms with Crippen molar-refractivity contribution in [2.24, 2.45) is 5.73 Å². The first-order valence-electron chi connectivity index (χ1n) is 3.44. The number of hydrogen-bond donors (Lipinski definition) is 3. The zero-order chi connectivity index (χ0) is 7.82. The lowest BCUT2D eigenvalue weighted by Gasteiger charge is -1.95. The molecule has 0 heterocycles. The van der Waals surface area contributed by atoms with Crippen molar-refractivity contribution in [3.05, 3.63) is 0 Å². The molecule has 0 aliphatic carbocycles. The molecular formula is C6H15N2O2+. The van der Waals surface area contributed by atoms with Crippen LogP contribution in [0.15, 0.2) is 0 Å². The summed E-state index contributed by atoms with van der Waals surface area (Å²) in [5.41, 5.74) is 5.06. The fourth-order valence-electron chi connectivity index (χ4n) is 0.452. The summed E-state index contributed by atoms with van der Waals surface area (Å²) >= 11 is 0. The van der Waals surface area contributed by atoms with Crippen LogP contribution in [0.4, 0.5) is 0 Å². The van der Waals surface area contributed by atoms with Crippen LogP contribution in [-0.4, -0.2) is 24.5 Å². The number of unbranched alkanes of at least 4 members (excludes halogenated alkanes) is 1. The van der Waals surface area contributed by atoms with E-state index in [1.165, 1.54) is 0 Å². The maximum Gasteiger partial charge on any atom is 0.546 e. The fraction of sp³-hybridized carbons (Fsp3) is 0.833. The Bertz CT molecular complexity index is 104. The van der Waals surface area contributed by atoms with E-state index in [9.17, 15) is 0 Å². The van der Waals surface area contributed by atoms with Gasteiger partial charge in [0.2, 0.25) is 0 Å². The quantitative estimate of drug-likeness (QED) is 0.201. The molecule has 0 fully saturated rings. The van der Waals surface area contributed by atoms with Gasteiger partial charge in [0.15, 0.2) is 6.67 Å². The predicted molar refractivity (Wildman–Crippen MR) is 38.5 cm³/mol. The highest BCUT2D eigenvalue weighted by Crippen LogP contribution is 1.85. The van der Waals surface area contributed by atoms with Crippen LogP contribution >= 0.6 is 0 Å². The average molecular weight is 147 g/mol. The first kappa shape index (κ1) is 9.23. The van der Waals surface area contributed by atoms with E-state index in [0.29, 0.717) is 6.61 Å². The Balaban J connectivity index is 3.21. The Labute approximate surface area is 60.7 Å². The summed E-state index contributed by atoms with van der Waals surface area (Å²) in [4.78, 5) is 2.43. The number of ether oxygens (including phenoxy) is 1. The molecule has 0 aliphatic rings. The highest BCUT2D eigenvalue weighted by Gasteiger charge is 1.98. The van der Waals surface area contributed by atoms with Gasteiger partial charge in [-0.3, -0.25) is 5.73 Å². The standard InChI is InChI=1S/C6H14N2O2/c1-2-3-4-10-6(9)8-5-7/h2-5,7H2,1H3,(H,8,9)/p+1. The molecule has 0 aliphatic heterocycles. The van der Waals surface area contributed by atoms with Gasteiger partial charge in [-0.2, -0.15) is 4.99 Å². The monoisotopic (exact) mass is 147 g/mol. The largest absolute Gasteiger partial charge is 0.546 e. The number of aliphatic hydroxyl groups excluding tert-OH is 1. The van der Waals surface area contributed by atoms with Crippen molar-refractivity contribution < 1.29 is 14.8 Å². The Morgan fingerprint density at radius 1 is 1.70 bits per heavy atom. The molecular weight excluding hydrogens is 132 g/mol. The van der Waals surface area contributed by atoms with Gasteiger partial charge in [0, 0.05) is 0 Å². The van der Waals surface area contributed by atoms with Crippen molar-refractivity contribution in [2.45, 2.75) is 19.8 Å². The second-order valence-corrected chi connectivity index (χ2v) is 1.89. The van der Waals surface area contributed by atoms with Crippen LogP contribution in [-0.2, 0) is 4.74 Å². The minimum atomic E-state index is -0.184. The van der Waals surface area contributed by atoms with Crippen molar-refractivity contribution in [3.63, 3.8) is 0 Å². The molecule has 0 radical (unpaired) electrons. The number of aliphatic hydroxyl groups is 1. The summed E-state index contributed by atoms with van der Waals surface area (Å²) in [6, 6.07) is 0. The second kappa shape index (κ2) is 6.35. The van der Waals surface area contributed by atoms with Gasteiger partial charge >= 0.3 is 6.08 Å². The van der Waals surface area contributed by atoms with E-state index in [4.69, 9.17) is 15.6 Å². The molecule has 10 heavy (non-hydrogen) atoms. The molecule has 0 aromatic heterocycles. The molecule has 4 N–H and O–H groups in total. The summed E-state index contributed by atoms with van der Waals surface area (Å²) in [7, 11) is 0. The van der Waals surface area contributed by atoms with E-state index in [-0.39, 0.29) is 12.8 Å². The van der Waals surface area contributed by atoms with Crippen LogP contribution in [0.3, 0.4) is 0 Å². The van der Waals surface area contributed by atoms with Crippen molar-refractivity contribution in [2.75, 3.05) is 13.3 Å². The van der Waals surface area contributed by atoms with Gasteiger partial charge < -0.3 is 9.84 Å². The highest BCUT2D eigenvalue weighted by atomic mass is 16.6. The molecule has 0 aromatic carbocycles. The first-order valence-corrected chi connectivity index (χ1v) is 3.44. The molecule has 0 spiro atoms. The lowest BCUT2D eigenvalue weighted by molar-refractivity contribution is -0.477. The molecule has 0 saturated heterocycles. The molecule has 0 unspecified atom stereocenters. The number of nitrogens with one attached hydrogen (secondary N) is 1. The lowest BCUT2D eigenvalue weighted by atomic mass is 10.4. The molecule has 4 nitrogen and oxygen atoms in total. The Morgan fingerprint density at radius 2 is 2.40 bits per heavy atom. The predicted octanol–water partition coefficient (Wildman–Crippen LogP) is -1.29. The molecule has 0 atom stereocenters. The van der Waals surface area contributed by atoms with Crippen LogP contribution < -0.4 is 10.7 Å². The van der Waals surface area contributed by atoms with Crippen LogP contribution in [0.5, 0.6) is 0 Å². The van der Waals surface area contributed by atoms with Gasteiger partial charge in [-0.15, -0.1) is 0 Å².